The molecule has 1 heterocycles. The van der Waals surface area contributed by atoms with Crippen molar-refractivity contribution in [1.82, 2.24) is 5.32 Å². The van der Waals surface area contributed by atoms with Gasteiger partial charge in [-0.2, -0.15) is 0 Å². The van der Waals surface area contributed by atoms with Gasteiger partial charge >= 0.3 is 0 Å². The number of aliphatic hydroxyl groups excluding tert-OH is 1. The van der Waals surface area contributed by atoms with Gasteiger partial charge in [-0.25, -0.2) is 4.99 Å². The van der Waals surface area contributed by atoms with E-state index in [2.05, 4.69) is 5.32 Å². The van der Waals surface area contributed by atoms with Crippen molar-refractivity contribution >= 4 is 29.5 Å². The highest BCUT2D eigenvalue weighted by Gasteiger charge is 2.52. The molecule has 2 atom stereocenters. The molecule has 0 aromatic heterocycles. The molecule has 214 valence electrons. The summed E-state index contributed by atoms with van der Waals surface area (Å²) in [6.07, 6.45) is 4.17. The van der Waals surface area contributed by atoms with E-state index in [0.717, 1.165) is 22.3 Å². The van der Waals surface area contributed by atoms with Gasteiger partial charge in [-0.15, -0.1) is 0 Å². The highest BCUT2D eigenvalue weighted by molar-refractivity contribution is 6.31. The molecule has 0 saturated heterocycles. The van der Waals surface area contributed by atoms with Gasteiger partial charge in [0.15, 0.2) is 11.6 Å². The van der Waals surface area contributed by atoms with Crippen LogP contribution in [0.5, 0.6) is 5.75 Å². The van der Waals surface area contributed by atoms with Crippen LogP contribution < -0.4 is 10.1 Å². The van der Waals surface area contributed by atoms with Crippen LogP contribution in [-0.4, -0.2) is 35.7 Å². The summed E-state index contributed by atoms with van der Waals surface area (Å²) in [5, 5.41) is 12.7. The quantitative estimate of drug-likeness (QED) is 0.181. The lowest BCUT2D eigenvalue weighted by molar-refractivity contribution is -0.129. The molecule has 4 aromatic carbocycles. The molecular weight excluding hydrogens is 548 g/mol. The first-order chi connectivity index (χ1) is 20.6. The predicted molar refractivity (Wildman–Crippen MR) is 167 cm³/mol. The van der Waals surface area contributed by atoms with Crippen LogP contribution in [0.3, 0.4) is 0 Å². The predicted octanol–water partition coefficient (Wildman–Crippen LogP) is 6.78. The monoisotopic (exact) mass is 580 g/mol. The fourth-order valence-electron chi connectivity index (χ4n) is 4.85. The van der Waals surface area contributed by atoms with E-state index in [1.54, 1.807) is 6.07 Å². The smallest absolute Gasteiger partial charge is 0.252 e. The number of carbonyl (C=O) groups excluding carboxylic acids is 1. The highest BCUT2D eigenvalue weighted by Crippen LogP contribution is 2.43. The molecule has 4 aromatic rings. The fourth-order valence-corrected chi connectivity index (χ4v) is 5.05. The van der Waals surface area contributed by atoms with Crippen LogP contribution in [0, 0.1) is 0 Å². The molecule has 1 aliphatic heterocycles. The molecule has 0 radical (unpaired) electrons. The Morgan fingerprint density at radius 1 is 0.952 bits per heavy atom. The third-order valence-corrected chi connectivity index (χ3v) is 7.44. The van der Waals surface area contributed by atoms with Crippen molar-refractivity contribution in [2.75, 3.05) is 13.2 Å². The van der Waals surface area contributed by atoms with E-state index in [1.165, 1.54) is 0 Å². The fraction of sp³-hybridized carbons (Fsp3) is 0.200. The average molecular weight is 581 g/mol. The van der Waals surface area contributed by atoms with Crippen molar-refractivity contribution in [3.05, 3.63) is 143 Å². The van der Waals surface area contributed by atoms with Gasteiger partial charge in [-0.1, -0.05) is 103 Å². The third-order valence-electron chi connectivity index (χ3n) is 7.07. The van der Waals surface area contributed by atoms with Crippen molar-refractivity contribution in [3.8, 4) is 5.75 Å². The minimum atomic E-state index is -1.28. The number of halogens is 1. The topological polar surface area (TPSA) is 80.2 Å². The molecule has 0 aliphatic carbocycles. The number of nitrogens with zero attached hydrogens (tertiary/aromatic N) is 1. The summed E-state index contributed by atoms with van der Waals surface area (Å²) in [7, 11) is 0. The number of aliphatic imine (C=N–C) groups is 1. The van der Waals surface area contributed by atoms with Crippen LogP contribution in [-0.2, 0) is 16.1 Å². The number of hydrogen-bond acceptors (Lipinski definition) is 5. The summed E-state index contributed by atoms with van der Waals surface area (Å²) in [5.74, 6) is 0.805. The zero-order valence-corrected chi connectivity index (χ0v) is 23.9. The van der Waals surface area contributed by atoms with Gasteiger partial charge in [-0.05, 0) is 47.0 Å². The van der Waals surface area contributed by atoms with Gasteiger partial charge < -0.3 is 19.9 Å². The van der Waals surface area contributed by atoms with Crippen molar-refractivity contribution in [3.63, 3.8) is 0 Å². The number of nitrogens with one attached hydrogen (secondary N) is 1. The number of rotatable bonds is 12. The van der Waals surface area contributed by atoms with Crippen LogP contribution in [0.4, 0.5) is 0 Å². The van der Waals surface area contributed by atoms with Gasteiger partial charge in [0, 0.05) is 36.6 Å². The highest BCUT2D eigenvalue weighted by atomic mass is 35.5. The molecule has 0 saturated carbocycles. The number of amides is 1. The first kappa shape index (κ1) is 29.1. The Kier molecular flexibility index (Phi) is 9.70. The summed E-state index contributed by atoms with van der Waals surface area (Å²) in [6, 6.07) is 34.5. The number of benzene rings is 4. The Labute approximate surface area is 251 Å². The van der Waals surface area contributed by atoms with E-state index in [-0.39, 0.29) is 19.1 Å². The number of ether oxygens (including phenoxy) is 2. The van der Waals surface area contributed by atoms with Crippen molar-refractivity contribution in [2.24, 2.45) is 4.99 Å². The van der Waals surface area contributed by atoms with Crippen LogP contribution in [0.2, 0.25) is 5.02 Å². The summed E-state index contributed by atoms with van der Waals surface area (Å²) >= 11 is 6.40. The first-order valence-corrected chi connectivity index (χ1v) is 14.4. The molecule has 1 amide bonds. The lowest BCUT2D eigenvalue weighted by Crippen LogP contribution is -2.47. The van der Waals surface area contributed by atoms with Gasteiger partial charge in [0.05, 0.1) is 6.61 Å². The SMILES string of the molecule is O=C(NCc1ccccc1Cl)[C@]1(C/C=C/c2ccccc2)N=C(c2ccc(OCCCO)cc2)O[C@@H]1c1ccccc1. The summed E-state index contributed by atoms with van der Waals surface area (Å²) in [5.41, 5.74) is 2.15. The Bertz CT molecular complexity index is 1520. The molecule has 42 heavy (non-hydrogen) atoms. The van der Waals surface area contributed by atoms with Crippen molar-refractivity contribution in [1.29, 1.82) is 0 Å². The Morgan fingerprint density at radius 2 is 1.64 bits per heavy atom. The molecule has 7 heteroatoms. The van der Waals surface area contributed by atoms with Crippen LogP contribution in [0.1, 0.15) is 41.2 Å². The van der Waals surface area contributed by atoms with Gasteiger partial charge in [0.25, 0.3) is 5.91 Å². The maximum atomic E-state index is 14.2. The number of carbonyl (C=O) groups is 1. The second kappa shape index (κ2) is 14.0. The first-order valence-electron chi connectivity index (χ1n) is 14.0. The third kappa shape index (κ3) is 6.90. The minimum Gasteiger partial charge on any atom is -0.494 e. The van der Waals surface area contributed by atoms with E-state index < -0.39 is 11.6 Å². The van der Waals surface area contributed by atoms with Crippen LogP contribution >= 0.6 is 11.6 Å². The second-order valence-electron chi connectivity index (χ2n) is 9.99. The molecule has 0 bridgehead atoms. The molecule has 0 spiro atoms. The number of aliphatic hydroxyl groups is 1. The number of hydrogen-bond donors (Lipinski definition) is 2. The Hall–Kier alpha value is -4.39. The van der Waals surface area contributed by atoms with Crippen LogP contribution in [0.25, 0.3) is 6.08 Å². The zero-order chi connectivity index (χ0) is 29.2. The zero-order valence-electron chi connectivity index (χ0n) is 23.2. The lowest BCUT2D eigenvalue weighted by atomic mass is 9.84. The Balaban J connectivity index is 1.51. The van der Waals surface area contributed by atoms with E-state index in [9.17, 15) is 4.79 Å². The van der Waals surface area contributed by atoms with Gasteiger partial charge in [0.2, 0.25) is 5.90 Å². The summed E-state index contributed by atoms with van der Waals surface area (Å²) < 4.78 is 12.2. The lowest BCUT2D eigenvalue weighted by Gasteiger charge is -2.30. The molecule has 6 nitrogen and oxygen atoms in total. The normalized spacial score (nSPS) is 18.0. The molecule has 5 rings (SSSR count). The maximum absolute atomic E-state index is 14.2. The standard InChI is InChI=1S/C35H33ClN2O4/c36-31-17-8-7-16-29(31)25-37-34(40)35(22-9-13-26-11-3-1-4-12-26)32(27-14-5-2-6-15-27)42-33(38-35)28-18-20-30(21-19-28)41-24-10-23-39/h1-9,11-21,32,39H,10,22-25H2,(H,37,40)/b13-9+/t32-,35-/m1/s1. The Morgan fingerprint density at radius 3 is 2.36 bits per heavy atom. The molecule has 0 unspecified atom stereocenters. The van der Waals surface area contributed by atoms with Gasteiger partial charge in [-0.3, -0.25) is 4.79 Å². The van der Waals surface area contributed by atoms with Crippen LogP contribution in [0.15, 0.2) is 120 Å². The molecule has 0 fully saturated rings. The summed E-state index contributed by atoms with van der Waals surface area (Å²) in [4.78, 5) is 19.3. The van der Waals surface area contributed by atoms with E-state index in [0.29, 0.717) is 36.1 Å². The van der Waals surface area contributed by atoms with Crippen molar-refractivity contribution < 1.29 is 19.4 Å². The average Bonchev–Trinajstić information content (AvgIpc) is 3.43. The molecule has 1 aliphatic rings. The minimum absolute atomic E-state index is 0.0724. The van der Waals surface area contributed by atoms with E-state index in [1.807, 2.05) is 115 Å². The second-order valence-corrected chi connectivity index (χ2v) is 10.4. The van der Waals surface area contributed by atoms with Gasteiger partial charge in [0.1, 0.15) is 5.75 Å². The van der Waals surface area contributed by atoms with E-state index >= 15 is 0 Å². The largest absolute Gasteiger partial charge is 0.494 e. The molecular formula is C35H33ClN2O4. The van der Waals surface area contributed by atoms with E-state index in [4.69, 9.17) is 31.2 Å². The summed E-state index contributed by atoms with van der Waals surface area (Å²) in [6.45, 7) is 0.754. The molecule has 2 N–H and O–H groups in total. The maximum Gasteiger partial charge on any atom is 0.252 e. The van der Waals surface area contributed by atoms with Crippen molar-refractivity contribution in [2.45, 2.75) is 31.0 Å².